The van der Waals surface area contributed by atoms with Crippen molar-refractivity contribution in [2.75, 3.05) is 13.1 Å². The first kappa shape index (κ1) is 14.5. The molecule has 1 fully saturated rings. The van der Waals surface area contributed by atoms with Crippen LogP contribution in [0.3, 0.4) is 0 Å². The maximum atomic E-state index is 3.72. The highest BCUT2D eigenvalue weighted by atomic mass is 15.3. The standard InChI is InChI=1S/C17H28N2/c1-16(2,3)15-12-19(17(4,5)13-18-15)11-14-9-7-6-8-10-14/h6-10,15,18H,11-13H2,1-5H3. The number of nitrogens with zero attached hydrogens (tertiary/aromatic N) is 1. The molecular formula is C17H28N2. The Morgan fingerprint density at radius 2 is 1.84 bits per heavy atom. The average molecular weight is 260 g/mol. The SMILES string of the molecule is CC(C)(C)C1CN(Cc2ccccc2)C(C)(C)CN1. The molecule has 1 saturated heterocycles. The van der Waals surface area contributed by atoms with Gasteiger partial charge < -0.3 is 5.32 Å². The van der Waals surface area contributed by atoms with E-state index < -0.39 is 0 Å². The van der Waals surface area contributed by atoms with E-state index in [1.807, 2.05) is 0 Å². The lowest BCUT2D eigenvalue weighted by atomic mass is 9.82. The third kappa shape index (κ3) is 3.58. The topological polar surface area (TPSA) is 15.3 Å². The average Bonchev–Trinajstić information content (AvgIpc) is 2.31. The Balaban J connectivity index is 2.11. The minimum absolute atomic E-state index is 0.220. The summed E-state index contributed by atoms with van der Waals surface area (Å²) >= 11 is 0. The van der Waals surface area contributed by atoms with Gasteiger partial charge in [0.05, 0.1) is 0 Å². The number of rotatable bonds is 2. The van der Waals surface area contributed by atoms with Crippen molar-refractivity contribution in [3.8, 4) is 0 Å². The molecule has 1 atom stereocenters. The third-order valence-electron chi connectivity index (χ3n) is 4.30. The van der Waals surface area contributed by atoms with Crippen molar-refractivity contribution in [3.63, 3.8) is 0 Å². The molecule has 0 radical (unpaired) electrons. The Morgan fingerprint density at radius 1 is 1.21 bits per heavy atom. The summed E-state index contributed by atoms with van der Waals surface area (Å²) in [4.78, 5) is 2.62. The lowest BCUT2D eigenvalue weighted by Gasteiger charge is -2.49. The molecule has 1 N–H and O–H groups in total. The summed E-state index contributed by atoms with van der Waals surface area (Å²) in [5, 5.41) is 3.72. The third-order valence-corrected chi connectivity index (χ3v) is 4.30. The van der Waals surface area contributed by atoms with Gasteiger partial charge in [-0.1, -0.05) is 51.1 Å². The van der Waals surface area contributed by atoms with E-state index in [1.165, 1.54) is 5.56 Å². The van der Waals surface area contributed by atoms with Crippen LogP contribution in [0.2, 0.25) is 0 Å². The van der Waals surface area contributed by atoms with Gasteiger partial charge in [-0.2, -0.15) is 0 Å². The van der Waals surface area contributed by atoms with Gasteiger partial charge in [0.25, 0.3) is 0 Å². The molecule has 106 valence electrons. The predicted molar refractivity (Wildman–Crippen MR) is 82.2 cm³/mol. The fraction of sp³-hybridized carbons (Fsp3) is 0.647. The van der Waals surface area contributed by atoms with Crippen LogP contribution in [0, 0.1) is 5.41 Å². The van der Waals surface area contributed by atoms with Crippen LogP contribution in [-0.4, -0.2) is 29.6 Å². The summed E-state index contributed by atoms with van der Waals surface area (Å²) in [7, 11) is 0. The molecule has 2 heteroatoms. The zero-order valence-corrected chi connectivity index (χ0v) is 13.0. The fourth-order valence-corrected chi connectivity index (χ4v) is 2.68. The normalized spacial score (nSPS) is 24.4. The monoisotopic (exact) mass is 260 g/mol. The van der Waals surface area contributed by atoms with Crippen LogP contribution in [-0.2, 0) is 6.54 Å². The molecule has 1 unspecified atom stereocenters. The van der Waals surface area contributed by atoms with Crippen LogP contribution < -0.4 is 5.32 Å². The minimum atomic E-state index is 0.220. The molecule has 0 saturated carbocycles. The molecule has 0 amide bonds. The van der Waals surface area contributed by atoms with Crippen molar-refractivity contribution >= 4 is 0 Å². The highest BCUT2D eigenvalue weighted by Gasteiger charge is 2.37. The van der Waals surface area contributed by atoms with E-state index in [0.29, 0.717) is 11.5 Å². The highest BCUT2D eigenvalue weighted by Crippen LogP contribution is 2.28. The number of hydrogen-bond donors (Lipinski definition) is 1. The van der Waals surface area contributed by atoms with Gasteiger partial charge in [-0.25, -0.2) is 0 Å². The van der Waals surface area contributed by atoms with Crippen molar-refractivity contribution in [3.05, 3.63) is 35.9 Å². The van der Waals surface area contributed by atoms with E-state index in [0.717, 1.165) is 19.6 Å². The Hall–Kier alpha value is -0.860. The lowest BCUT2D eigenvalue weighted by molar-refractivity contribution is 0.0295. The van der Waals surface area contributed by atoms with E-state index in [4.69, 9.17) is 0 Å². The van der Waals surface area contributed by atoms with Gasteiger partial charge in [-0.05, 0) is 24.8 Å². The summed E-state index contributed by atoms with van der Waals surface area (Å²) in [5.41, 5.74) is 1.94. The van der Waals surface area contributed by atoms with Crippen molar-refractivity contribution in [1.82, 2.24) is 10.2 Å². The molecule has 0 aromatic heterocycles. The smallest absolute Gasteiger partial charge is 0.0281 e. The Morgan fingerprint density at radius 3 is 2.42 bits per heavy atom. The molecule has 2 rings (SSSR count). The predicted octanol–water partition coefficient (Wildman–Crippen LogP) is 3.29. The van der Waals surface area contributed by atoms with Crippen LogP contribution in [0.1, 0.15) is 40.2 Å². The first-order valence-electron chi connectivity index (χ1n) is 7.31. The molecule has 0 aliphatic carbocycles. The summed E-state index contributed by atoms with van der Waals surface area (Å²) in [6.45, 7) is 14.9. The quantitative estimate of drug-likeness (QED) is 0.878. The largest absolute Gasteiger partial charge is 0.310 e. The van der Waals surface area contributed by atoms with Crippen molar-refractivity contribution in [2.24, 2.45) is 5.41 Å². The molecule has 1 aromatic rings. The first-order valence-corrected chi connectivity index (χ1v) is 7.31. The van der Waals surface area contributed by atoms with Gasteiger partial charge in [0.15, 0.2) is 0 Å². The van der Waals surface area contributed by atoms with E-state index in [-0.39, 0.29) is 5.54 Å². The molecular weight excluding hydrogens is 232 g/mol. The van der Waals surface area contributed by atoms with Gasteiger partial charge in [0.2, 0.25) is 0 Å². The lowest BCUT2D eigenvalue weighted by Crippen LogP contribution is -2.64. The number of nitrogens with one attached hydrogen (secondary N) is 1. The number of benzene rings is 1. The summed E-state index contributed by atoms with van der Waals surface area (Å²) in [5.74, 6) is 0. The van der Waals surface area contributed by atoms with Crippen LogP contribution in [0.4, 0.5) is 0 Å². The van der Waals surface area contributed by atoms with Crippen LogP contribution in [0.5, 0.6) is 0 Å². The second-order valence-corrected chi connectivity index (χ2v) is 7.48. The van der Waals surface area contributed by atoms with E-state index in [9.17, 15) is 0 Å². The molecule has 19 heavy (non-hydrogen) atoms. The second kappa shape index (κ2) is 5.26. The number of hydrogen-bond acceptors (Lipinski definition) is 2. The zero-order chi connectivity index (χ0) is 14.1. The Labute approximate surface area is 118 Å². The molecule has 1 aromatic carbocycles. The molecule has 2 nitrogen and oxygen atoms in total. The van der Waals surface area contributed by atoms with Crippen molar-refractivity contribution in [1.29, 1.82) is 0 Å². The molecule has 1 heterocycles. The van der Waals surface area contributed by atoms with Crippen LogP contribution in [0.25, 0.3) is 0 Å². The zero-order valence-electron chi connectivity index (χ0n) is 13.0. The first-order chi connectivity index (χ1) is 8.79. The van der Waals surface area contributed by atoms with Crippen molar-refractivity contribution < 1.29 is 0 Å². The Bertz CT molecular complexity index is 403. The van der Waals surface area contributed by atoms with Gasteiger partial charge in [-0.3, -0.25) is 4.90 Å². The van der Waals surface area contributed by atoms with Crippen molar-refractivity contribution in [2.45, 2.75) is 52.7 Å². The van der Waals surface area contributed by atoms with E-state index in [2.05, 4.69) is 75.2 Å². The molecule has 1 aliphatic rings. The van der Waals surface area contributed by atoms with E-state index >= 15 is 0 Å². The Kier molecular flexibility index (Phi) is 4.03. The summed E-state index contributed by atoms with van der Waals surface area (Å²) in [6.07, 6.45) is 0. The highest BCUT2D eigenvalue weighted by molar-refractivity contribution is 5.15. The number of piperazine rings is 1. The molecule has 1 aliphatic heterocycles. The van der Waals surface area contributed by atoms with Gasteiger partial charge in [0, 0.05) is 31.2 Å². The maximum Gasteiger partial charge on any atom is 0.0281 e. The minimum Gasteiger partial charge on any atom is -0.310 e. The van der Waals surface area contributed by atoms with Gasteiger partial charge >= 0.3 is 0 Å². The molecule has 0 bridgehead atoms. The molecule has 0 spiro atoms. The maximum absolute atomic E-state index is 3.72. The van der Waals surface area contributed by atoms with Crippen LogP contribution >= 0.6 is 0 Å². The summed E-state index contributed by atoms with van der Waals surface area (Å²) < 4.78 is 0. The van der Waals surface area contributed by atoms with E-state index in [1.54, 1.807) is 0 Å². The van der Waals surface area contributed by atoms with Gasteiger partial charge in [0.1, 0.15) is 0 Å². The van der Waals surface area contributed by atoms with Gasteiger partial charge in [-0.15, -0.1) is 0 Å². The summed E-state index contributed by atoms with van der Waals surface area (Å²) in [6, 6.07) is 11.4. The van der Waals surface area contributed by atoms with Crippen LogP contribution in [0.15, 0.2) is 30.3 Å². The second-order valence-electron chi connectivity index (χ2n) is 7.48. The fourth-order valence-electron chi connectivity index (χ4n) is 2.68.